The second kappa shape index (κ2) is 8.34. The summed E-state index contributed by atoms with van der Waals surface area (Å²) in [5.41, 5.74) is 8.72. The number of halogens is 2. The monoisotopic (exact) mass is 471 g/mol. The van der Waals surface area contributed by atoms with E-state index in [9.17, 15) is 13.6 Å². The van der Waals surface area contributed by atoms with Gasteiger partial charge in [-0.05, 0) is 44.0 Å². The molecule has 3 heterocycles. The van der Waals surface area contributed by atoms with Crippen molar-refractivity contribution in [3.05, 3.63) is 100 Å². The fraction of sp³-hybridized carbons (Fsp3) is 0.214. The molecular weight excluding hydrogens is 446 g/mol. The number of amides is 1. The number of carbonyl (C=O) groups excluding carboxylic acids is 1. The predicted molar refractivity (Wildman–Crippen MR) is 131 cm³/mol. The molecule has 7 heteroatoms. The van der Waals surface area contributed by atoms with Crippen LogP contribution >= 0.6 is 0 Å². The van der Waals surface area contributed by atoms with Gasteiger partial charge in [-0.25, -0.2) is 18.6 Å². The molecule has 0 aliphatic carbocycles. The minimum absolute atomic E-state index is 0.0255. The Kier molecular flexibility index (Phi) is 5.43. The summed E-state index contributed by atoms with van der Waals surface area (Å²) in [7, 11) is 0. The van der Waals surface area contributed by atoms with Crippen LogP contribution < -0.4 is 5.73 Å². The second-order valence-corrected chi connectivity index (χ2v) is 8.93. The Hall–Kier alpha value is -4.00. The van der Waals surface area contributed by atoms with Gasteiger partial charge in [-0.15, -0.1) is 0 Å². The molecule has 0 radical (unpaired) electrons. The molecule has 0 bridgehead atoms. The highest BCUT2D eigenvalue weighted by atomic mass is 19.1. The first-order valence-electron chi connectivity index (χ1n) is 11.5. The lowest BCUT2D eigenvalue weighted by Crippen LogP contribution is -2.37. The summed E-state index contributed by atoms with van der Waals surface area (Å²) >= 11 is 0. The fourth-order valence-electron chi connectivity index (χ4n) is 4.99. The van der Waals surface area contributed by atoms with Crippen LogP contribution in [0.4, 0.5) is 8.78 Å². The van der Waals surface area contributed by atoms with Gasteiger partial charge in [-0.2, -0.15) is 4.58 Å². The number of hydrogen-bond acceptors (Lipinski definition) is 4. The van der Waals surface area contributed by atoms with Crippen molar-refractivity contribution in [1.82, 2.24) is 4.98 Å². The molecule has 0 spiro atoms. The number of pyridine rings is 1. The summed E-state index contributed by atoms with van der Waals surface area (Å²) in [6.07, 6.45) is 6.58. The molecule has 2 N–H and O–H groups in total. The molecule has 35 heavy (non-hydrogen) atoms. The van der Waals surface area contributed by atoms with Crippen molar-refractivity contribution in [3.63, 3.8) is 0 Å². The van der Waals surface area contributed by atoms with Gasteiger partial charge in [0, 0.05) is 34.7 Å². The fourth-order valence-corrected chi connectivity index (χ4v) is 4.99. The molecule has 176 valence electrons. The van der Waals surface area contributed by atoms with Gasteiger partial charge in [0.1, 0.15) is 35.5 Å². The average molecular weight is 472 g/mol. The summed E-state index contributed by atoms with van der Waals surface area (Å²) in [6, 6.07) is 12.1. The molecular formula is C28H25F2N4O+. The number of aryl methyl sites for hydroxylation is 1. The van der Waals surface area contributed by atoms with Crippen LogP contribution in [0, 0.1) is 24.5 Å². The number of benzene rings is 2. The number of rotatable bonds is 4. The van der Waals surface area contributed by atoms with E-state index in [0.717, 1.165) is 0 Å². The molecule has 2 atom stereocenters. The van der Waals surface area contributed by atoms with E-state index in [1.165, 1.54) is 18.5 Å². The van der Waals surface area contributed by atoms with Crippen molar-refractivity contribution in [2.75, 3.05) is 6.54 Å². The average Bonchev–Trinajstić information content (AvgIpc) is 3.17. The van der Waals surface area contributed by atoms with E-state index in [-0.39, 0.29) is 23.1 Å². The molecule has 1 unspecified atom stereocenters. The lowest BCUT2D eigenvalue weighted by atomic mass is 9.75. The number of aromatic nitrogens is 1. The molecule has 5 rings (SSSR count). The molecule has 0 fully saturated rings. The highest BCUT2D eigenvalue weighted by molar-refractivity contribution is 6.05. The quantitative estimate of drug-likeness (QED) is 0.570. The minimum atomic E-state index is -1.20. The lowest BCUT2D eigenvalue weighted by molar-refractivity contribution is -0.444. The van der Waals surface area contributed by atoms with Crippen LogP contribution in [0.3, 0.4) is 0 Å². The summed E-state index contributed by atoms with van der Waals surface area (Å²) in [5.74, 6) is -1.17. The normalized spacial score (nSPS) is 21.3. The van der Waals surface area contributed by atoms with Gasteiger partial charge in [0.2, 0.25) is 0 Å². The number of nitrogens with two attached hydrogens (primary N) is 1. The standard InChI is InChI=1S/C28H25F2N4O/c1-4-34-15-20(11-16(2)27(34)35)28(22-9-6-10-23(29)24(22)26(31)33-28)19-8-5-7-18(12-19)21-14-32-13-17(3)25(21)30/h5-16H,4H2,1-3H3,(H2,31,33)/q+1/t16?,28-/m0/s1. The van der Waals surface area contributed by atoms with Crippen molar-refractivity contribution in [1.29, 1.82) is 0 Å². The van der Waals surface area contributed by atoms with Crippen molar-refractivity contribution >= 4 is 18.0 Å². The first-order valence-corrected chi connectivity index (χ1v) is 11.5. The maximum Gasteiger partial charge on any atom is 0.393 e. The van der Waals surface area contributed by atoms with E-state index in [0.29, 0.717) is 39.9 Å². The number of fused-ring (bicyclic) bond motifs is 1. The van der Waals surface area contributed by atoms with E-state index in [4.69, 9.17) is 10.7 Å². The zero-order valence-corrected chi connectivity index (χ0v) is 19.7. The predicted octanol–water partition coefficient (Wildman–Crippen LogP) is 4.50. The molecule has 0 saturated heterocycles. The Morgan fingerprint density at radius 1 is 1.14 bits per heavy atom. The van der Waals surface area contributed by atoms with Gasteiger partial charge in [-0.1, -0.05) is 36.4 Å². The molecule has 3 aromatic rings. The zero-order valence-electron chi connectivity index (χ0n) is 19.7. The van der Waals surface area contributed by atoms with E-state index < -0.39 is 17.3 Å². The van der Waals surface area contributed by atoms with Crippen LogP contribution in [0.1, 0.15) is 36.1 Å². The first-order chi connectivity index (χ1) is 16.8. The lowest BCUT2D eigenvalue weighted by Gasteiger charge is -2.31. The van der Waals surface area contributed by atoms with Crippen molar-refractivity contribution in [2.24, 2.45) is 16.6 Å². The van der Waals surface area contributed by atoms with Gasteiger partial charge in [0.25, 0.3) is 0 Å². The van der Waals surface area contributed by atoms with Gasteiger partial charge in [0.05, 0.1) is 5.56 Å². The molecule has 2 aliphatic rings. The van der Waals surface area contributed by atoms with Crippen LogP contribution in [-0.2, 0) is 10.3 Å². The molecule has 0 saturated carbocycles. The number of nitrogens with zero attached hydrogens (tertiary/aromatic N) is 3. The zero-order chi connectivity index (χ0) is 24.9. The Labute approximate surface area is 202 Å². The SMILES string of the molecule is CC[N+]1=CC([C@]2(c3cccc(-c4cncc(C)c4F)c3)N=C(N)c3c(F)cccc32)=CC(C)C1=O. The van der Waals surface area contributed by atoms with Gasteiger partial charge in [-0.3, -0.25) is 4.98 Å². The number of carbonyl (C=O) groups is 1. The first kappa shape index (κ1) is 22.8. The number of amidine groups is 1. The van der Waals surface area contributed by atoms with Crippen LogP contribution in [0.5, 0.6) is 0 Å². The largest absolute Gasteiger partial charge is 0.393 e. The summed E-state index contributed by atoms with van der Waals surface area (Å²) in [5, 5.41) is 0. The smallest absolute Gasteiger partial charge is 0.383 e. The summed E-state index contributed by atoms with van der Waals surface area (Å²) in [4.78, 5) is 21.7. The molecule has 1 amide bonds. The van der Waals surface area contributed by atoms with E-state index >= 15 is 0 Å². The van der Waals surface area contributed by atoms with Gasteiger partial charge in [0.15, 0.2) is 6.21 Å². The highest BCUT2D eigenvalue weighted by Crippen LogP contribution is 2.47. The number of aliphatic imine (C=N–C) groups is 1. The molecule has 1 aromatic heterocycles. The molecule has 2 aliphatic heterocycles. The van der Waals surface area contributed by atoms with Crippen LogP contribution in [0.15, 0.2) is 71.5 Å². The van der Waals surface area contributed by atoms with Gasteiger partial charge < -0.3 is 5.73 Å². The summed E-state index contributed by atoms with van der Waals surface area (Å²) < 4.78 is 31.6. The Bertz CT molecular complexity index is 1470. The Morgan fingerprint density at radius 3 is 2.69 bits per heavy atom. The van der Waals surface area contributed by atoms with Crippen LogP contribution in [0.25, 0.3) is 11.1 Å². The molecule has 2 aromatic carbocycles. The Balaban J connectivity index is 1.82. The topological polar surface area (TPSA) is 71.3 Å². The van der Waals surface area contributed by atoms with E-state index in [1.54, 1.807) is 35.9 Å². The van der Waals surface area contributed by atoms with Crippen molar-refractivity contribution < 1.29 is 18.2 Å². The van der Waals surface area contributed by atoms with Crippen LogP contribution in [-0.4, -0.2) is 34.1 Å². The molecule has 5 nitrogen and oxygen atoms in total. The third-order valence-electron chi connectivity index (χ3n) is 6.75. The summed E-state index contributed by atoms with van der Waals surface area (Å²) in [6.45, 7) is 5.86. The van der Waals surface area contributed by atoms with E-state index in [2.05, 4.69) is 4.98 Å². The maximum atomic E-state index is 15.0. The van der Waals surface area contributed by atoms with Crippen LogP contribution in [0.2, 0.25) is 0 Å². The highest BCUT2D eigenvalue weighted by Gasteiger charge is 2.48. The number of hydrogen-bond donors (Lipinski definition) is 1. The van der Waals surface area contributed by atoms with Crippen molar-refractivity contribution in [2.45, 2.75) is 26.3 Å². The third-order valence-corrected chi connectivity index (χ3v) is 6.75. The van der Waals surface area contributed by atoms with Gasteiger partial charge >= 0.3 is 5.91 Å². The minimum Gasteiger partial charge on any atom is -0.383 e. The third kappa shape index (κ3) is 3.41. The maximum absolute atomic E-state index is 15.0. The second-order valence-electron chi connectivity index (χ2n) is 8.93. The van der Waals surface area contributed by atoms with E-state index in [1.807, 2.05) is 38.1 Å². The van der Waals surface area contributed by atoms with Crippen molar-refractivity contribution in [3.8, 4) is 11.1 Å². The Morgan fingerprint density at radius 2 is 1.91 bits per heavy atom.